The number of aliphatic hydroxyl groups excluding tert-OH is 1. The fourth-order valence-electron chi connectivity index (χ4n) is 10.0. The molecule has 4 amide bonds. The van der Waals surface area contributed by atoms with Crippen molar-refractivity contribution >= 4 is 40.7 Å². The van der Waals surface area contributed by atoms with Crippen LogP contribution in [-0.2, 0) is 49.0 Å². The standard InChI is InChI=1S/C44H51FN4O6/c1-28-41(43(2,3)45)37(24-40(53)48-26-31-11-5-4-10-30(31)22-34(48)27-50)55-44(28)35-23-33(47-21-9-7-13-39(47)52)18-19-36(35)49(42(44)54)25-29-14-16-32(17-15-29)46-20-8-6-12-38(46)51/h4-5,10-11,14-19,23,28,34,37,41,50H,6-9,12-13,20-22,24-27H2,1-3H3/t28-,34-,37+,41-,44+/m0/s1. The van der Waals surface area contributed by atoms with E-state index in [-0.39, 0.29) is 43.2 Å². The third kappa shape index (κ3) is 6.52. The number of nitrogens with zero attached hydrogens (tertiary/aromatic N) is 4. The van der Waals surface area contributed by atoms with E-state index in [9.17, 15) is 19.5 Å². The molecule has 3 fully saturated rings. The van der Waals surface area contributed by atoms with E-state index in [1.165, 1.54) is 13.8 Å². The van der Waals surface area contributed by atoms with Crippen molar-refractivity contribution in [1.82, 2.24) is 4.90 Å². The number of anilines is 3. The smallest absolute Gasteiger partial charge is 0.264 e. The van der Waals surface area contributed by atoms with Gasteiger partial charge in [-0.15, -0.1) is 0 Å². The highest BCUT2D eigenvalue weighted by Crippen LogP contribution is 2.59. The lowest BCUT2D eigenvalue weighted by molar-refractivity contribution is -0.151. The summed E-state index contributed by atoms with van der Waals surface area (Å²) in [5, 5.41) is 10.3. The fraction of sp³-hybridized carbons (Fsp3) is 0.500. The molecule has 0 aromatic heterocycles. The van der Waals surface area contributed by atoms with E-state index in [0.717, 1.165) is 48.1 Å². The summed E-state index contributed by atoms with van der Waals surface area (Å²) in [6.07, 6.45) is 3.91. The molecule has 55 heavy (non-hydrogen) atoms. The molecular weight excluding hydrogens is 700 g/mol. The van der Waals surface area contributed by atoms with Gasteiger partial charge in [0.25, 0.3) is 5.91 Å². The van der Waals surface area contributed by atoms with Gasteiger partial charge < -0.3 is 29.4 Å². The van der Waals surface area contributed by atoms with Gasteiger partial charge in [-0.05, 0) is 93.0 Å². The molecule has 11 heteroatoms. The number of hydrogen-bond acceptors (Lipinski definition) is 6. The predicted octanol–water partition coefficient (Wildman–Crippen LogP) is 6.20. The Morgan fingerprint density at radius 1 is 0.891 bits per heavy atom. The van der Waals surface area contributed by atoms with Crippen LogP contribution in [0, 0.1) is 11.8 Å². The minimum absolute atomic E-state index is 0.0156. The van der Waals surface area contributed by atoms with Crippen molar-refractivity contribution in [3.63, 3.8) is 0 Å². The SMILES string of the molecule is C[C@H]1[C@H](C(C)(C)F)[C@@H](CC(=O)N2Cc3ccccc3C[C@H]2CO)O[C@]12C(=O)N(Cc1ccc(N3CCCCC3=O)cc1)c1ccc(N3CCCCC3=O)cc12. The Hall–Kier alpha value is -4.61. The molecule has 5 aliphatic heterocycles. The number of piperidine rings is 2. The third-order valence-electron chi connectivity index (χ3n) is 12.8. The van der Waals surface area contributed by atoms with Crippen LogP contribution < -0.4 is 14.7 Å². The van der Waals surface area contributed by atoms with Gasteiger partial charge in [-0.2, -0.15) is 0 Å². The van der Waals surface area contributed by atoms with Crippen LogP contribution in [0.4, 0.5) is 21.5 Å². The second-order valence-electron chi connectivity index (χ2n) is 16.6. The number of hydrogen-bond donors (Lipinski definition) is 1. The monoisotopic (exact) mass is 750 g/mol. The lowest BCUT2D eigenvalue weighted by Gasteiger charge is -2.37. The molecule has 3 saturated heterocycles. The van der Waals surface area contributed by atoms with Gasteiger partial charge in [0.05, 0.1) is 37.4 Å². The first-order valence-corrected chi connectivity index (χ1v) is 19.9. The number of fused-ring (bicyclic) bond motifs is 3. The van der Waals surface area contributed by atoms with E-state index in [2.05, 4.69) is 0 Å². The number of halogens is 1. The van der Waals surface area contributed by atoms with E-state index in [0.29, 0.717) is 55.8 Å². The molecule has 3 aromatic rings. The number of benzene rings is 3. The van der Waals surface area contributed by atoms with Gasteiger partial charge in [-0.1, -0.05) is 43.3 Å². The van der Waals surface area contributed by atoms with E-state index in [1.54, 1.807) is 14.7 Å². The molecule has 5 atom stereocenters. The number of rotatable bonds is 8. The molecule has 290 valence electrons. The van der Waals surface area contributed by atoms with E-state index < -0.39 is 35.3 Å². The molecule has 0 saturated carbocycles. The quantitative estimate of drug-likeness (QED) is 0.294. The minimum atomic E-state index is -1.82. The maximum absolute atomic E-state index is 16.6. The number of alkyl halides is 1. The molecule has 5 heterocycles. The number of amides is 4. The third-order valence-corrected chi connectivity index (χ3v) is 12.8. The largest absolute Gasteiger partial charge is 0.394 e. The van der Waals surface area contributed by atoms with E-state index in [1.807, 2.05) is 78.6 Å². The Morgan fingerprint density at radius 3 is 2.16 bits per heavy atom. The number of aliphatic hydroxyl groups is 1. The maximum atomic E-state index is 16.6. The first kappa shape index (κ1) is 37.3. The normalized spacial score (nSPS) is 26.9. The van der Waals surface area contributed by atoms with Crippen molar-refractivity contribution in [2.24, 2.45) is 11.8 Å². The van der Waals surface area contributed by atoms with Crippen molar-refractivity contribution in [2.45, 2.75) is 109 Å². The molecule has 0 unspecified atom stereocenters. The van der Waals surface area contributed by atoms with Crippen molar-refractivity contribution in [3.8, 4) is 0 Å². The van der Waals surface area contributed by atoms with Crippen LogP contribution in [0.2, 0.25) is 0 Å². The molecular formula is C44H51FN4O6. The predicted molar refractivity (Wildman–Crippen MR) is 207 cm³/mol. The van der Waals surface area contributed by atoms with Crippen LogP contribution in [0.25, 0.3) is 0 Å². The zero-order chi connectivity index (χ0) is 38.6. The highest BCUT2D eigenvalue weighted by molar-refractivity contribution is 6.08. The Labute approximate surface area is 322 Å². The van der Waals surface area contributed by atoms with Gasteiger partial charge in [0.15, 0.2) is 5.60 Å². The summed E-state index contributed by atoms with van der Waals surface area (Å²) in [4.78, 5) is 62.1. The first-order valence-electron chi connectivity index (χ1n) is 19.9. The average Bonchev–Trinajstić information content (AvgIpc) is 3.60. The number of carbonyl (C=O) groups is 4. The Balaban J connectivity index is 1.15. The zero-order valence-corrected chi connectivity index (χ0v) is 32.0. The highest BCUT2D eigenvalue weighted by atomic mass is 19.1. The summed E-state index contributed by atoms with van der Waals surface area (Å²) >= 11 is 0. The van der Waals surface area contributed by atoms with Gasteiger partial charge in [0.2, 0.25) is 17.7 Å². The molecule has 0 bridgehead atoms. The van der Waals surface area contributed by atoms with Crippen LogP contribution in [0.15, 0.2) is 66.7 Å². The van der Waals surface area contributed by atoms with Gasteiger partial charge >= 0.3 is 0 Å². The topological polar surface area (TPSA) is 111 Å². The van der Waals surface area contributed by atoms with Gasteiger partial charge in [-0.3, -0.25) is 19.2 Å². The summed E-state index contributed by atoms with van der Waals surface area (Å²) < 4.78 is 23.6. The second kappa shape index (κ2) is 14.5. The molecule has 1 spiro atoms. The van der Waals surface area contributed by atoms with Crippen LogP contribution in [-0.4, -0.2) is 71.1 Å². The minimum Gasteiger partial charge on any atom is -0.394 e. The molecule has 10 nitrogen and oxygen atoms in total. The Bertz CT molecular complexity index is 2000. The van der Waals surface area contributed by atoms with Crippen LogP contribution in [0.3, 0.4) is 0 Å². The van der Waals surface area contributed by atoms with Crippen molar-refractivity contribution in [3.05, 3.63) is 89.0 Å². The van der Waals surface area contributed by atoms with Gasteiger partial charge in [0, 0.05) is 61.2 Å². The van der Waals surface area contributed by atoms with Crippen LogP contribution in [0.1, 0.15) is 88.0 Å². The van der Waals surface area contributed by atoms with Gasteiger partial charge in [-0.25, -0.2) is 4.39 Å². The molecule has 3 aromatic carbocycles. The van der Waals surface area contributed by atoms with E-state index in [4.69, 9.17) is 4.74 Å². The number of ether oxygens (including phenoxy) is 1. The van der Waals surface area contributed by atoms with Crippen molar-refractivity contribution in [1.29, 1.82) is 0 Å². The summed E-state index contributed by atoms with van der Waals surface area (Å²) in [6, 6.07) is 20.7. The van der Waals surface area contributed by atoms with Gasteiger partial charge in [0.1, 0.15) is 5.67 Å². The zero-order valence-electron chi connectivity index (χ0n) is 32.0. The molecule has 0 aliphatic carbocycles. The second-order valence-corrected chi connectivity index (χ2v) is 16.6. The van der Waals surface area contributed by atoms with Crippen LogP contribution >= 0.6 is 0 Å². The molecule has 5 aliphatic rings. The summed E-state index contributed by atoms with van der Waals surface area (Å²) in [5.74, 6) is -2.00. The molecule has 8 rings (SSSR count). The highest BCUT2D eigenvalue weighted by Gasteiger charge is 2.66. The Morgan fingerprint density at radius 2 is 1.53 bits per heavy atom. The summed E-state index contributed by atoms with van der Waals surface area (Å²) in [5.41, 5.74) is 2.18. The first-order chi connectivity index (χ1) is 26.4. The van der Waals surface area contributed by atoms with Crippen molar-refractivity contribution in [2.75, 3.05) is 34.4 Å². The summed E-state index contributed by atoms with van der Waals surface area (Å²) in [6.45, 7) is 6.37. The van der Waals surface area contributed by atoms with Crippen molar-refractivity contribution < 1.29 is 33.4 Å². The Kier molecular flexibility index (Phi) is 9.82. The lowest BCUT2D eigenvalue weighted by atomic mass is 9.71. The molecule has 0 radical (unpaired) electrons. The average molecular weight is 751 g/mol. The fourth-order valence-corrected chi connectivity index (χ4v) is 10.0. The van der Waals surface area contributed by atoms with E-state index >= 15 is 9.18 Å². The molecule has 1 N–H and O–H groups in total. The summed E-state index contributed by atoms with van der Waals surface area (Å²) in [7, 11) is 0. The maximum Gasteiger partial charge on any atom is 0.264 e. The lowest BCUT2D eigenvalue weighted by Crippen LogP contribution is -2.48. The van der Waals surface area contributed by atoms with Crippen LogP contribution in [0.5, 0.6) is 0 Å². The number of carbonyl (C=O) groups excluding carboxylic acids is 4.